The van der Waals surface area contributed by atoms with Crippen LogP contribution in [0.5, 0.6) is 0 Å². The molecule has 0 saturated heterocycles. The van der Waals surface area contributed by atoms with E-state index in [0.29, 0.717) is 0 Å². The molecule has 1 aliphatic rings. The Bertz CT molecular complexity index is 615. The molecule has 3 rings (SSSR count). The lowest BCUT2D eigenvalue weighted by Gasteiger charge is -2.41. The Labute approximate surface area is 127 Å². The number of fused-ring (bicyclic) bond motifs is 1. The number of likely N-dealkylation sites (N-methyl/N-ethyl adjacent to an activating group) is 1. The third-order valence-corrected chi connectivity index (χ3v) is 5.14. The molecule has 1 atom stereocenters. The zero-order valence-electron chi connectivity index (χ0n) is 13.0. The van der Waals surface area contributed by atoms with Crippen LogP contribution in [-0.2, 0) is 6.42 Å². The second-order valence-corrected chi connectivity index (χ2v) is 6.51. The van der Waals surface area contributed by atoms with E-state index >= 15 is 0 Å². The van der Waals surface area contributed by atoms with Gasteiger partial charge >= 0.3 is 0 Å². The van der Waals surface area contributed by atoms with Crippen molar-refractivity contribution in [2.45, 2.75) is 43.7 Å². The Morgan fingerprint density at radius 2 is 1.86 bits per heavy atom. The van der Waals surface area contributed by atoms with Crippen molar-refractivity contribution in [2.75, 3.05) is 14.1 Å². The Kier molecular flexibility index (Phi) is 3.96. The van der Waals surface area contributed by atoms with Crippen LogP contribution in [-0.4, -0.2) is 35.6 Å². The number of nitrogens with two attached hydrogens (primary N) is 1. The van der Waals surface area contributed by atoms with E-state index < -0.39 is 0 Å². The van der Waals surface area contributed by atoms with Crippen LogP contribution < -0.4 is 5.73 Å². The Morgan fingerprint density at radius 1 is 1.14 bits per heavy atom. The van der Waals surface area contributed by atoms with Crippen LogP contribution in [0.4, 0.5) is 0 Å². The molecule has 2 aromatic rings. The van der Waals surface area contributed by atoms with Crippen LogP contribution in [0.3, 0.4) is 0 Å². The molecule has 1 aromatic carbocycles. The molecule has 0 amide bonds. The van der Waals surface area contributed by atoms with Gasteiger partial charge in [0.15, 0.2) is 0 Å². The molecule has 0 bridgehead atoms. The summed E-state index contributed by atoms with van der Waals surface area (Å²) in [5.41, 5.74) is 8.92. The van der Waals surface area contributed by atoms with Gasteiger partial charge in [-0.1, -0.05) is 37.1 Å². The van der Waals surface area contributed by atoms with E-state index in [-0.39, 0.29) is 11.6 Å². The molecule has 1 unspecified atom stereocenters. The second kappa shape index (κ2) is 5.74. The summed E-state index contributed by atoms with van der Waals surface area (Å²) in [6.07, 6.45) is 5.83. The van der Waals surface area contributed by atoms with Crippen molar-refractivity contribution in [3.63, 3.8) is 0 Å². The van der Waals surface area contributed by atoms with Crippen LogP contribution in [0.15, 0.2) is 36.4 Å². The summed E-state index contributed by atoms with van der Waals surface area (Å²) in [6, 6.07) is 12.7. The summed E-state index contributed by atoms with van der Waals surface area (Å²) < 4.78 is 0. The average Bonchev–Trinajstić information content (AvgIpc) is 2.98. The molecule has 21 heavy (non-hydrogen) atoms. The normalized spacial score (nSPS) is 19.2. The Hall–Kier alpha value is -1.45. The summed E-state index contributed by atoms with van der Waals surface area (Å²) in [5, 5.41) is 1.19. The highest BCUT2D eigenvalue weighted by atomic mass is 15.2. The summed E-state index contributed by atoms with van der Waals surface area (Å²) in [6.45, 7) is 0. The molecule has 3 nitrogen and oxygen atoms in total. The van der Waals surface area contributed by atoms with Crippen molar-refractivity contribution in [1.29, 1.82) is 0 Å². The maximum absolute atomic E-state index is 6.61. The zero-order chi connectivity index (χ0) is 14.9. The van der Waals surface area contributed by atoms with Gasteiger partial charge in [0.1, 0.15) is 0 Å². The van der Waals surface area contributed by atoms with E-state index in [2.05, 4.69) is 49.3 Å². The first-order valence-electron chi connectivity index (χ1n) is 7.89. The maximum Gasteiger partial charge on any atom is 0.0705 e. The smallest absolute Gasteiger partial charge is 0.0705 e. The number of hydrogen-bond donors (Lipinski definition) is 1. The maximum atomic E-state index is 6.61. The molecule has 3 heteroatoms. The third-order valence-electron chi connectivity index (χ3n) is 5.14. The molecule has 1 fully saturated rings. The SMILES string of the molecule is CN(C)C1(C(N)Cc2ccc3ccccc3n2)CCCC1. The predicted octanol–water partition coefficient (Wildman–Crippen LogP) is 2.98. The topological polar surface area (TPSA) is 42.1 Å². The number of benzene rings is 1. The highest BCUT2D eigenvalue weighted by molar-refractivity contribution is 5.78. The third kappa shape index (κ3) is 2.68. The molecule has 1 aromatic heterocycles. The van der Waals surface area contributed by atoms with Gasteiger partial charge in [0.2, 0.25) is 0 Å². The number of pyridine rings is 1. The minimum absolute atomic E-state index is 0.142. The average molecular weight is 283 g/mol. The molecule has 0 spiro atoms. The van der Waals surface area contributed by atoms with Crippen LogP contribution in [0, 0.1) is 0 Å². The fourth-order valence-corrected chi connectivity index (χ4v) is 3.77. The lowest BCUT2D eigenvalue weighted by atomic mass is 9.84. The minimum Gasteiger partial charge on any atom is -0.326 e. The molecule has 0 aliphatic heterocycles. The predicted molar refractivity (Wildman–Crippen MR) is 88.3 cm³/mol. The van der Waals surface area contributed by atoms with Gasteiger partial charge in [-0.15, -0.1) is 0 Å². The standard InChI is InChI=1S/C18H25N3/c1-21(2)18(11-5-6-12-18)17(19)13-15-10-9-14-7-3-4-8-16(14)20-15/h3-4,7-10,17H,5-6,11-13,19H2,1-2H3. The van der Waals surface area contributed by atoms with Gasteiger partial charge in [-0.2, -0.15) is 0 Å². The van der Waals surface area contributed by atoms with Gasteiger partial charge in [0, 0.05) is 29.1 Å². The Morgan fingerprint density at radius 3 is 2.57 bits per heavy atom. The number of aromatic nitrogens is 1. The first-order chi connectivity index (χ1) is 10.1. The van der Waals surface area contributed by atoms with Crippen LogP contribution >= 0.6 is 0 Å². The molecule has 1 aliphatic carbocycles. The molecule has 112 valence electrons. The fraction of sp³-hybridized carbons (Fsp3) is 0.500. The lowest BCUT2D eigenvalue weighted by Crippen LogP contribution is -2.56. The minimum atomic E-state index is 0.142. The Balaban J connectivity index is 1.83. The highest BCUT2D eigenvalue weighted by Crippen LogP contribution is 2.36. The lowest BCUT2D eigenvalue weighted by molar-refractivity contribution is 0.122. The van der Waals surface area contributed by atoms with Crippen LogP contribution in [0.2, 0.25) is 0 Å². The molecule has 2 N–H and O–H groups in total. The summed E-state index contributed by atoms with van der Waals surface area (Å²) in [5.74, 6) is 0. The molecule has 0 radical (unpaired) electrons. The quantitative estimate of drug-likeness (QED) is 0.938. The number of para-hydroxylation sites is 1. The van der Waals surface area contributed by atoms with Gasteiger partial charge in [-0.3, -0.25) is 4.98 Å². The van der Waals surface area contributed by atoms with Crippen LogP contribution in [0.25, 0.3) is 10.9 Å². The van der Waals surface area contributed by atoms with Crippen molar-refractivity contribution in [2.24, 2.45) is 5.73 Å². The second-order valence-electron chi connectivity index (χ2n) is 6.51. The largest absolute Gasteiger partial charge is 0.326 e. The highest BCUT2D eigenvalue weighted by Gasteiger charge is 2.41. The number of rotatable bonds is 4. The fourth-order valence-electron chi connectivity index (χ4n) is 3.77. The van der Waals surface area contributed by atoms with Crippen molar-refractivity contribution < 1.29 is 0 Å². The number of hydrogen-bond acceptors (Lipinski definition) is 3. The zero-order valence-corrected chi connectivity index (χ0v) is 13.0. The van der Waals surface area contributed by atoms with Crippen LogP contribution in [0.1, 0.15) is 31.4 Å². The first-order valence-corrected chi connectivity index (χ1v) is 7.89. The van der Waals surface area contributed by atoms with E-state index in [9.17, 15) is 0 Å². The van der Waals surface area contributed by atoms with Gasteiger partial charge in [-0.05, 0) is 39.1 Å². The van der Waals surface area contributed by atoms with E-state index in [4.69, 9.17) is 10.7 Å². The van der Waals surface area contributed by atoms with Crippen molar-refractivity contribution in [3.8, 4) is 0 Å². The van der Waals surface area contributed by atoms with Gasteiger partial charge in [0.05, 0.1) is 5.52 Å². The van der Waals surface area contributed by atoms with Gasteiger partial charge in [-0.25, -0.2) is 0 Å². The van der Waals surface area contributed by atoms with Gasteiger partial charge < -0.3 is 10.6 Å². The van der Waals surface area contributed by atoms with Crippen molar-refractivity contribution >= 4 is 10.9 Å². The van der Waals surface area contributed by atoms with E-state index in [1.54, 1.807) is 0 Å². The summed E-state index contributed by atoms with van der Waals surface area (Å²) >= 11 is 0. The first kappa shape index (κ1) is 14.5. The monoisotopic (exact) mass is 283 g/mol. The van der Waals surface area contributed by atoms with E-state index in [0.717, 1.165) is 17.6 Å². The molecule has 1 saturated carbocycles. The number of nitrogens with zero attached hydrogens (tertiary/aromatic N) is 2. The van der Waals surface area contributed by atoms with E-state index in [1.807, 2.05) is 6.07 Å². The summed E-state index contributed by atoms with van der Waals surface area (Å²) in [4.78, 5) is 7.12. The molecular weight excluding hydrogens is 258 g/mol. The molecule has 1 heterocycles. The van der Waals surface area contributed by atoms with E-state index in [1.165, 1.54) is 31.1 Å². The van der Waals surface area contributed by atoms with Crippen molar-refractivity contribution in [3.05, 3.63) is 42.1 Å². The van der Waals surface area contributed by atoms with Gasteiger partial charge in [0.25, 0.3) is 0 Å². The summed E-state index contributed by atoms with van der Waals surface area (Å²) in [7, 11) is 4.33. The molecular formula is C18H25N3. The van der Waals surface area contributed by atoms with Crippen molar-refractivity contribution in [1.82, 2.24) is 9.88 Å².